The van der Waals surface area contributed by atoms with Crippen LogP contribution >= 0.6 is 0 Å². The van der Waals surface area contributed by atoms with Gasteiger partial charge in [0.1, 0.15) is 11.8 Å². The van der Waals surface area contributed by atoms with E-state index in [0.29, 0.717) is 23.1 Å². The van der Waals surface area contributed by atoms with Gasteiger partial charge in [0.2, 0.25) is 0 Å². The van der Waals surface area contributed by atoms with Crippen molar-refractivity contribution in [1.82, 2.24) is 10.2 Å². The second-order valence-corrected chi connectivity index (χ2v) is 8.47. The van der Waals surface area contributed by atoms with Crippen LogP contribution in [0.25, 0.3) is 21.9 Å². The summed E-state index contributed by atoms with van der Waals surface area (Å²) in [5, 5.41) is 13.5. The topological polar surface area (TPSA) is 63.4 Å². The summed E-state index contributed by atoms with van der Waals surface area (Å²) >= 11 is 0. The molecule has 3 atom stereocenters. The fraction of sp³-hybridized carbons (Fsp3) is 0.333. The largest absolute Gasteiger partial charge is 0.461 e. The van der Waals surface area contributed by atoms with Gasteiger partial charge in [0.15, 0.2) is 5.82 Å². The number of nitrogens with one attached hydrogen (secondary N) is 1. The van der Waals surface area contributed by atoms with Gasteiger partial charge in [0.05, 0.1) is 47.6 Å². The van der Waals surface area contributed by atoms with Crippen molar-refractivity contribution in [3.63, 3.8) is 0 Å². The molecule has 6 nitrogen and oxygen atoms in total. The molecule has 2 aromatic heterocycles. The van der Waals surface area contributed by atoms with Crippen molar-refractivity contribution in [2.45, 2.75) is 38.0 Å². The van der Waals surface area contributed by atoms with Crippen molar-refractivity contribution in [3.8, 4) is 0 Å². The van der Waals surface area contributed by atoms with Crippen LogP contribution in [0.15, 0.2) is 53.3 Å². The highest BCUT2D eigenvalue weighted by Gasteiger charge is 2.34. The van der Waals surface area contributed by atoms with E-state index in [0.717, 1.165) is 48.0 Å². The van der Waals surface area contributed by atoms with Gasteiger partial charge in [0, 0.05) is 23.2 Å². The molecule has 0 spiro atoms. The molecule has 1 N–H and O–H groups in total. The zero-order valence-electron chi connectivity index (χ0n) is 17.2. The van der Waals surface area contributed by atoms with Crippen LogP contribution in [-0.4, -0.2) is 35.5 Å². The van der Waals surface area contributed by atoms with Crippen molar-refractivity contribution >= 4 is 33.2 Å². The number of fused-ring (bicyclic) bond motifs is 5. The maximum atomic E-state index is 14.0. The number of furan rings is 1. The third-order valence-corrected chi connectivity index (χ3v) is 6.56. The fourth-order valence-corrected chi connectivity index (χ4v) is 4.91. The van der Waals surface area contributed by atoms with E-state index >= 15 is 0 Å². The van der Waals surface area contributed by atoms with Gasteiger partial charge < -0.3 is 19.4 Å². The van der Waals surface area contributed by atoms with E-state index in [1.54, 1.807) is 12.3 Å². The summed E-state index contributed by atoms with van der Waals surface area (Å²) < 4.78 is 25.3. The number of hydrogen-bond acceptors (Lipinski definition) is 6. The number of benzene rings is 2. The zero-order chi connectivity index (χ0) is 20.9. The molecule has 7 rings (SSSR count). The Hall–Kier alpha value is -3.19. The fourth-order valence-electron chi connectivity index (χ4n) is 4.91. The van der Waals surface area contributed by atoms with Crippen molar-refractivity contribution in [3.05, 3.63) is 60.2 Å². The molecule has 3 saturated heterocycles. The summed E-state index contributed by atoms with van der Waals surface area (Å²) in [5.41, 5.74) is 4.37. The highest BCUT2D eigenvalue weighted by Crippen LogP contribution is 2.35. The minimum Gasteiger partial charge on any atom is -0.461 e. The van der Waals surface area contributed by atoms with Crippen LogP contribution in [0.2, 0.25) is 0 Å². The Balaban J connectivity index is 1.36. The number of ether oxygens (including phenoxy) is 1. The van der Waals surface area contributed by atoms with Crippen molar-refractivity contribution in [2.75, 3.05) is 23.4 Å². The second kappa shape index (κ2) is 7.20. The number of para-hydroxylation sites is 1. The highest BCUT2D eigenvalue weighted by atomic mass is 19.1. The first-order valence-corrected chi connectivity index (χ1v) is 10.7. The van der Waals surface area contributed by atoms with Gasteiger partial charge in [-0.1, -0.05) is 12.1 Å². The number of piperidine rings is 1. The maximum Gasteiger partial charge on any atom is 0.169 e. The smallest absolute Gasteiger partial charge is 0.169 e. The molecule has 2 unspecified atom stereocenters. The predicted octanol–water partition coefficient (Wildman–Crippen LogP) is 5.06. The van der Waals surface area contributed by atoms with Gasteiger partial charge in [0.25, 0.3) is 0 Å². The molecule has 3 aliphatic heterocycles. The molecule has 4 aromatic rings. The number of halogens is 1. The normalized spacial score (nSPS) is 21.7. The Morgan fingerprint density at radius 1 is 1.19 bits per heavy atom. The summed E-state index contributed by atoms with van der Waals surface area (Å²) in [6.45, 7) is 3.76. The number of hydrogen-bond donors (Lipinski definition) is 1. The summed E-state index contributed by atoms with van der Waals surface area (Å²) in [5.74, 6) is -0.343. The third-order valence-electron chi connectivity index (χ3n) is 6.56. The first-order chi connectivity index (χ1) is 15.2. The Labute approximate surface area is 179 Å². The van der Waals surface area contributed by atoms with Crippen LogP contribution in [0.1, 0.15) is 31.4 Å². The molecule has 0 amide bonds. The number of anilines is 2. The molecule has 3 aliphatic rings. The number of morpholine rings is 1. The zero-order valence-corrected chi connectivity index (χ0v) is 17.2. The Bertz CT molecular complexity index is 1270. The van der Waals surface area contributed by atoms with E-state index in [9.17, 15) is 4.39 Å². The van der Waals surface area contributed by atoms with Crippen LogP contribution in [0.4, 0.5) is 15.8 Å². The standard InChI is InChI=1S/C24H23FN4O2/c1-14(18-3-2-4-19-21(25)13-31-24(18)19)27-23-10-26-28-22-8-6-15(9-20(22)23)29-11-17-7-5-16(29)12-30-17/h2-4,6,8-10,13-14,16-17H,5,7,11-12H2,1H3,(H,27,28)/t14-,16?,17?/m1/s1. The molecule has 2 aromatic carbocycles. The molecule has 5 heterocycles. The Morgan fingerprint density at radius 3 is 2.94 bits per heavy atom. The lowest BCUT2D eigenvalue weighted by atomic mass is 9.96. The quantitative estimate of drug-likeness (QED) is 0.500. The Morgan fingerprint density at radius 2 is 2.13 bits per heavy atom. The van der Waals surface area contributed by atoms with Crippen LogP contribution in [0, 0.1) is 5.82 Å². The first-order valence-electron chi connectivity index (χ1n) is 10.7. The average molecular weight is 418 g/mol. The van der Waals surface area contributed by atoms with Crippen LogP contribution in [-0.2, 0) is 4.74 Å². The van der Waals surface area contributed by atoms with E-state index in [-0.39, 0.29) is 11.9 Å². The maximum absolute atomic E-state index is 14.0. The highest BCUT2D eigenvalue weighted by molar-refractivity contribution is 5.93. The van der Waals surface area contributed by atoms with Gasteiger partial charge in [-0.15, -0.1) is 0 Å². The van der Waals surface area contributed by atoms with E-state index < -0.39 is 0 Å². The predicted molar refractivity (Wildman–Crippen MR) is 118 cm³/mol. The monoisotopic (exact) mass is 418 g/mol. The minimum absolute atomic E-state index is 0.107. The summed E-state index contributed by atoms with van der Waals surface area (Å²) in [6.07, 6.45) is 5.54. The number of nitrogens with zero attached hydrogens (tertiary/aromatic N) is 3. The van der Waals surface area contributed by atoms with Gasteiger partial charge in [-0.2, -0.15) is 10.2 Å². The average Bonchev–Trinajstić information content (AvgIpc) is 3.20. The van der Waals surface area contributed by atoms with Crippen LogP contribution in [0.5, 0.6) is 0 Å². The number of aromatic nitrogens is 2. The lowest BCUT2D eigenvalue weighted by molar-refractivity contribution is -0.0225. The molecule has 2 bridgehead atoms. The van der Waals surface area contributed by atoms with Gasteiger partial charge in [-0.05, 0) is 44.0 Å². The van der Waals surface area contributed by atoms with Crippen LogP contribution in [0.3, 0.4) is 0 Å². The second-order valence-electron chi connectivity index (χ2n) is 8.47. The molecule has 31 heavy (non-hydrogen) atoms. The summed E-state index contributed by atoms with van der Waals surface area (Å²) in [7, 11) is 0. The number of rotatable bonds is 4. The third kappa shape index (κ3) is 3.11. The molecular formula is C24H23FN4O2. The van der Waals surface area contributed by atoms with E-state index in [4.69, 9.17) is 9.15 Å². The molecule has 0 aliphatic carbocycles. The Kier molecular flexibility index (Phi) is 4.31. The SMILES string of the molecule is C[C@@H](Nc1cnnc2ccc(N3CC4CCC3CO4)cc12)c1cccc2c(F)coc12. The van der Waals surface area contributed by atoms with E-state index in [2.05, 4.69) is 32.5 Å². The van der Waals surface area contributed by atoms with Crippen molar-refractivity contribution < 1.29 is 13.5 Å². The lowest BCUT2D eigenvalue weighted by Crippen LogP contribution is -2.54. The van der Waals surface area contributed by atoms with E-state index in [1.165, 1.54) is 12.1 Å². The summed E-state index contributed by atoms with van der Waals surface area (Å²) in [6, 6.07) is 12.2. The van der Waals surface area contributed by atoms with Crippen molar-refractivity contribution in [2.24, 2.45) is 0 Å². The minimum atomic E-state index is -0.343. The van der Waals surface area contributed by atoms with Crippen molar-refractivity contribution in [1.29, 1.82) is 0 Å². The lowest BCUT2D eigenvalue weighted by Gasteiger charge is -2.46. The first kappa shape index (κ1) is 18.6. The molecular weight excluding hydrogens is 395 g/mol. The summed E-state index contributed by atoms with van der Waals surface area (Å²) in [4.78, 5) is 2.46. The van der Waals surface area contributed by atoms with Gasteiger partial charge in [-0.3, -0.25) is 0 Å². The van der Waals surface area contributed by atoms with E-state index in [1.807, 2.05) is 25.1 Å². The van der Waals surface area contributed by atoms with Gasteiger partial charge >= 0.3 is 0 Å². The molecule has 0 saturated carbocycles. The molecule has 0 radical (unpaired) electrons. The molecule has 158 valence electrons. The van der Waals surface area contributed by atoms with Crippen LogP contribution < -0.4 is 10.2 Å². The van der Waals surface area contributed by atoms with Gasteiger partial charge in [-0.25, -0.2) is 4.39 Å². The molecule has 3 fully saturated rings. The molecule has 7 heteroatoms.